The molecule has 1 amide bonds. The largest absolute Gasteiger partial charge is 0.348 e. The van der Waals surface area contributed by atoms with Crippen LogP contribution in [0, 0.1) is 0 Å². The lowest BCUT2D eigenvalue weighted by Gasteiger charge is -2.35. The Bertz CT molecular complexity index is 1010. The number of carbonyl (C=O) groups excluding carboxylic acids is 1. The number of carbonyl (C=O) groups is 1. The molecule has 0 unspecified atom stereocenters. The van der Waals surface area contributed by atoms with Gasteiger partial charge in [-0.25, -0.2) is 13.8 Å². The first kappa shape index (κ1) is 17.2. The summed E-state index contributed by atoms with van der Waals surface area (Å²) in [6.45, 7) is 0. The highest BCUT2D eigenvalue weighted by Crippen LogP contribution is 2.37. The lowest BCUT2D eigenvalue weighted by atomic mass is 9.88. The molecule has 0 aliphatic heterocycles. The van der Waals surface area contributed by atoms with E-state index < -0.39 is 17.9 Å². The van der Waals surface area contributed by atoms with Crippen LogP contribution < -0.4 is 5.32 Å². The average molecular weight is 396 g/mol. The molecule has 3 aromatic rings. The molecule has 0 radical (unpaired) electrons. The fraction of sp³-hybridized carbons (Fsp3) is 0.222. The van der Waals surface area contributed by atoms with Gasteiger partial charge >= 0.3 is 0 Å². The van der Waals surface area contributed by atoms with Gasteiger partial charge in [0.15, 0.2) is 0 Å². The number of halogens is 4. The van der Waals surface area contributed by atoms with Crippen molar-refractivity contribution in [1.82, 2.24) is 14.9 Å². The van der Waals surface area contributed by atoms with Crippen molar-refractivity contribution >= 4 is 40.1 Å². The quantitative estimate of drug-likeness (QED) is 0.688. The summed E-state index contributed by atoms with van der Waals surface area (Å²) in [5.41, 5.74) is 1.47. The normalized spacial score (nSPS) is 16.5. The van der Waals surface area contributed by atoms with E-state index >= 15 is 0 Å². The Kier molecular flexibility index (Phi) is 4.12. The summed E-state index contributed by atoms with van der Waals surface area (Å²) in [6, 6.07) is 9.70. The summed E-state index contributed by atoms with van der Waals surface area (Å²) in [5, 5.41) is 4.14. The third kappa shape index (κ3) is 3.04. The molecule has 1 aliphatic carbocycles. The Hall–Kier alpha value is -2.18. The fourth-order valence-electron chi connectivity index (χ4n) is 3.11. The molecule has 0 saturated heterocycles. The third-order valence-electron chi connectivity index (χ3n) is 4.38. The van der Waals surface area contributed by atoms with Gasteiger partial charge in [-0.2, -0.15) is 0 Å². The molecule has 1 saturated carbocycles. The average Bonchev–Trinajstić information content (AvgIpc) is 2.95. The minimum absolute atomic E-state index is 0.298. The van der Waals surface area contributed by atoms with Crippen molar-refractivity contribution in [2.45, 2.75) is 24.8 Å². The Morgan fingerprint density at radius 1 is 1.19 bits per heavy atom. The van der Waals surface area contributed by atoms with Crippen LogP contribution in [0.1, 0.15) is 23.3 Å². The van der Waals surface area contributed by atoms with Crippen LogP contribution in [0.25, 0.3) is 16.7 Å². The van der Waals surface area contributed by atoms with Crippen LogP contribution in [0.4, 0.5) is 8.78 Å². The van der Waals surface area contributed by atoms with E-state index in [9.17, 15) is 13.6 Å². The van der Waals surface area contributed by atoms with Gasteiger partial charge in [0.1, 0.15) is 11.3 Å². The van der Waals surface area contributed by atoms with Crippen molar-refractivity contribution in [2.75, 3.05) is 0 Å². The number of hydrogen-bond donors (Lipinski definition) is 1. The van der Waals surface area contributed by atoms with Crippen molar-refractivity contribution < 1.29 is 13.6 Å². The monoisotopic (exact) mass is 395 g/mol. The zero-order chi connectivity index (χ0) is 18.5. The first-order chi connectivity index (χ1) is 12.3. The number of amides is 1. The number of nitrogens with one attached hydrogen (secondary N) is 1. The molecular weight excluding hydrogens is 383 g/mol. The topological polar surface area (TPSA) is 46.9 Å². The van der Waals surface area contributed by atoms with Crippen molar-refractivity contribution in [3.8, 4) is 5.69 Å². The number of benzene rings is 1. The highest BCUT2D eigenvalue weighted by molar-refractivity contribution is 6.42. The van der Waals surface area contributed by atoms with E-state index in [1.54, 1.807) is 41.1 Å². The first-order valence-corrected chi connectivity index (χ1v) is 8.70. The van der Waals surface area contributed by atoms with Crippen molar-refractivity contribution in [3.05, 3.63) is 58.3 Å². The molecule has 26 heavy (non-hydrogen) atoms. The lowest BCUT2D eigenvalue weighted by molar-refractivity contribution is -0.0901. The van der Waals surface area contributed by atoms with Crippen LogP contribution in [-0.2, 0) is 0 Å². The highest BCUT2D eigenvalue weighted by atomic mass is 35.5. The second-order valence-corrected chi connectivity index (χ2v) is 7.13. The van der Waals surface area contributed by atoms with Crippen LogP contribution in [0.2, 0.25) is 10.0 Å². The summed E-state index contributed by atoms with van der Waals surface area (Å²) in [7, 11) is 0. The second kappa shape index (κ2) is 6.21. The van der Waals surface area contributed by atoms with Gasteiger partial charge in [-0.3, -0.25) is 9.36 Å². The van der Waals surface area contributed by atoms with Crippen LogP contribution in [0.15, 0.2) is 42.6 Å². The SMILES string of the molecule is O=C(NC1CC(F)(F)C1)c1cc2cccnc2n1-c1ccc(Cl)c(Cl)c1. The molecule has 8 heteroatoms. The molecule has 4 rings (SSSR count). The summed E-state index contributed by atoms with van der Waals surface area (Å²) < 4.78 is 27.7. The summed E-state index contributed by atoms with van der Waals surface area (Å²) in [6.07, 6.45) is 0.929. The molecule has 2 heterocycles. The summed E-state index contributed by atoms with van der Waals surface area (Å²) in [5.74, 6) is -3.13. The Morgan fingerprint density at radius 3 is 2.65 bits per heavy atom. The minimum Gasteiger partial charge on any atom is -0.348 e. The maximum atomic E-state index is 13.0. The van der Waals surface area contributed by atoms with E-state index in [4.69, 9.17) is 23.2 Å². The number of rotatable bonds is 3. The van der Waals surface area contributed by atoms with Crippen LogP contribution in [0.3, 0.4) is 0 Å². The first-order valence-electron chi connectivity index (χ1n) is 7.95. The zero-order valence-corrected chi connectivity index (χ0v) is 14.9. The van der Waals surface area contributed by atoms with E-state index in [1.165, 1.54) is 0 Å². The molecule has 0 atom stereocenters. The number of hydrogen-bond acceptors (Lipinski definition) is 2. The molecule has 1 N–H and O–H groups in total. The second-order valence-electron chi connectivity index (χ2n) is 6.31. The maximum Gasteiger partial charge on any atom is 0.268 e. The van der Waals surface area contributed by atoms with Crippen LogP contribution in [-0.4, -0.2) is 27.4 Å². The van der Waals surface area contributed by atoms with Gasteiger partial charge in [-0.1, -0.05) is 23.2 Å². The number of fused-ring (bicyclic) bond motifs is 1. The predicted molar refractivity (Wildman–Crippen MR) is 96.5 cm³/mol. The molecule has 4 nitrogen and oxygen atoms in total. The molecule has 0 spiro atoms. The Labute approximate surface area is 157 Å². The Morgan fingerprint density at radius 2 is 1.96 bits per heavy atom. The number of pyridine rings is 1. The molecule has 1 aliphatic rings. The number of alkyl halides is 2. The smallest absolute Gasteiger partial charge is 0.268 e. The molecule has 0 bridgehead atoms. The van der Waals surface area contributed by atoms with Crippen molar-refractivity contribution in [2.24, 2.45) is 0 Å². The van der Waals surface area contributed by atoms with Crippen molar-refractivity contribution in [1.29, 1.82) is 0 Å². The van der Waals surface area contributed by atoms with E-state index in [0.29, 0.717) is 27.1 Å². The molecule has 1 aromatic carbocycles. The van der Waals surface area contributed by atoms with E-state index in [-0.39, 0.29) is 12.8 Å². The van der Waals surface area contributed by atoms with Gasteiger partial charge in [0.25, 0.3) is 11.8 Å². The number of nitrogens with zero attached hydrogens (tertiary/aromatic N) is 2. The minimum atomic E-state index is -2.70. The highest BCUT2D eigenvalue weighted by Gasteiger charge is 2.46. The zero-order valence-electron chi connectivity index (χ0n) is 13.3. The lowest BCUT2D eigenvalue weighted by Crippen LogP contribution is -2.50. The van der Waals surface area contributed by atoms with Crippen molar-refractivity contribution in [3.63, 3.8) is 0 Å². The van der Waals surface area contributed by atoms with Gasteiger partial charge < -0.3 is 5.32 Å². The van der Waals surface area contributed by atoms with E-state index in [1.807, 2.05) is 6.07 Å². The standard InChI is InChI=1S/C18H13Cl2F2N3O/c19-13-4-3-12(7-14(13)20)25-15(6-10-2-1-5-23-16(10)25)17(26)24-11-8-18(21,22)9-11/h1-7,11H,8-9H2,(H,24,26). The molecule has 2 aromatic heterocycles. The number of aromatic nitrogens is 2. The third-order valence-corrected chi connectivity index (χ3v) is 5.12. The summed E-state index contributed by atoms with van der Waals surface area (Å²) >= 11 is 12.1. The van der Waals surface area contributed by atoms with Gasteiger partial charge in [0.2, 0.25) is 0 Å². The maximum absolute atomic E-state index is 13.0. The van der Waals surface area contributed by atoms with Gasteiger partial charge in [-0.15, -0.1) is 0 Å². The molecule has 1 fully saturated rings. The van der Waals surface area contributed by atoms with Gasteiger partial charge in [-0.05, 0) is 36.4 Å². The van der Waals surface area contributed by atoms with Crippen LogP contribution in [0.5, 0.6) is 0 Å². The molecular formula is C18H13Cl2F2N3O. The molecule has 134 valence electrons. The van der Waals surface area contributed by atoms with Gasteiger partial charge in [0, 0.05) is 36.2 Å². The fourth-order valence-corrected chi connectivity index (χ4v) is 3.40. The Balaban J connectivity index is 1.76. The van der Waals surface area contributed by atoms with Gasteiger partial charge in [0.05, 0.1) is 10.0 Å². The van der Waals surface area contributed by atoms with Crippen LogP contribution >= 0.6 is 23.2 Å². The predicted octanol–water partition coefficient (Wildman–Crippen LogP) is 4.86. The summed E-state index contributed by atoms with van der Waals surface area (Å²) in [4.78, 5) is 17.0. The van der Waals surface area contributed by atoms with E-state index in [0.717, 1.165) is 5.39 Å². The van der Waals surface area contributed by atoms with E-state index in [2.05, 4.69) is 10.3 Å².